The van der Waals surface area contributed by atoms with Crippen LogP contribution in [0.1, 0.15) is 25.0 Å². The number of rotatable bonds is 5. The zero-order valence-corrected chi connectivity index (χ0v) is 13.0. The highest BCUT2D eigenvalue weighted by molar-refractivity contribution is 6.02. The van der Waals surface area contributed by atoms with E-state index in [4.69, 9.17) is 4.74 Å². The van der Waals surface area contributed by atoms with Crippen molar-refractivity contribution in [2.24, 2.45) is 0 Å². The van der Waals surface area contributed by atoms with E-state index in [1.165, 1.54) is 4.90 Å². The minimum absolute atomic E-state index is 0.133. The highest BCUT2D eigenvalue weighted by Crippen LogP contribution is 2.22. The highest BCUT2D eigenvalue weighted by atomic mass is 16.5. The molecule has 1 saturated heterocycles. The van der Waals surface area contributed by atoms with Crippen molar-refractivity contribution in [3.63, 3.8) is 0 Å². The molecule has 1 unspecified atom stereocenters. The number of carbonyl (C=O) groups is 2. The number of aromatic nitrogens is 3. The van der Waals surface area contributed by atoms with E-state index in [2.05, 4.69) is 10.1 Å². The fourth-order valence-corrected chi connectivity index (χ4v) is 3.01. The summed E-state index contributed by atoms with van der Waals surface area (Å²) in [7, 11) is 1.58. The summed E-state index contributed by atoms with van der Waals surface area (Å²) >= 11 is 0. The van der Waals surface area contributed by atoms with Gasteiger partial charge in [0.05, 0.1) is 19.2 Å². The lowest BCUT2D eigenvalue weighted by Crippen LogP contribution is -2.46. The number of urea groups is 1. The molecule has 1 aromatic heterocycles. The van der Waals surface area contributed by atoms with Gasteiger partial charge in [-0.25, -0.2) is 14.5 Å². The van der Waals surface area contributed by atoms with E-state index in [1.807, 2.05) is 11.6 Å². The second kappa shape index (κ2) is 6.04. The molecule has 2 aliphatic heterocycles. The zero-order chi connectivity index (χ0) is 15.7. The molecule has 120 valence electrons. The van der Waals surface area contributed by atoms with Crippen molar-refractivity contribution >= 4 is 11.9 Å². The van der Waals surface area contributed by atoms with Gasteiger partial charge >= 0.3 is 6.03 Å². The smallest absolute Gasteiger partial charge is 0.327 e. The molecular weight excluding hydrogens is 286 g/mol. The van der Waals surface area contributed by atoms with E-state index in [-0.39, 0.29) is 24.5 Å². The van der Waals surface area contributed by atoms with Crippen LogP contribution in [0.15, 0.2) is 0 Å². The quantitative estimate of drug-likeness (QED) is 0.719. The molecule has 22 heavy (non-hydrogen) atoms. The lowest BCUT2D eigenvalue weighted by atomic mass is 10.1. The van der Waals surface area contributed by atoms with Crippen molar-refractivity contribution in [3.8, 4) is 0 Å². The van der Waals surface area contributed by atoms with Gasteiger partial charge in [-0.1, -0.05) is 6.92 Å². The normalized spacial score (nSPS) is 21.6. The van der Waals surface area contributed by atoms with Gasteiger partial charge < -0.3 is 9.64 Å². The highest BCUT2D eigenvalue weighted by Gasteiger charge is 2.41. The van der Waals surface area contributed by atoms with Crippen molar-refractivity contribution in [1.82, 2.24) is 24.6 Å². The molecule has 0 radical (unpaired) electrons. The molecule has 8 nitrogen and oxygen atoms in total. The standard InChI is InChI=1S/C14H21N5O3/c1-3-11-15-12-5-4-10(8-18(12)16-11)19-13(20)9-17(14(19)21)6-7-22-2/h10H,3-9H2,1-2H3. The van der Waals surface area contributed by atoms with Crippen LogP contribution in [0, 0.1) is 0 Å². The molecule has 0 saturated carbocycles. The number of hydrogen-bond acceptors (Lipinski definition) is 5. The molecule has 3 amide bonds. The van der Waals surface area contributed by atoms with Crippen molar-refractivity contribution in [2.45, 2.75) is 38.8 Å². The van der Waals surface area contributed by atoms with Crippen molar-refractivity contribution < 1.29 is 14.3 Å². The Morgan fingerprint density at radius 3 is 2.91 bits per heavy atom. The molecule has 2 aliphatic rings. The molecule has 0 spiro atoms. The average molecular weight is 307 g/mol. The van der Waals surface area contributed by atoms with Gasteiger partial charge in [-0.2, -0.15) is 5.10 Å². The van der Waals surface area contributed by atoms with E-state index in [0.717, 1.165) is 30.9 Å². The maximum absolute atomic E-state index is 12.4. The number of hydrogen-bond donors (Lipinski definition) is 0. The van der Waals surface area contributed by atoms with Gasteiger partial charge in [0.15, 0.2) is 5.82 Å². The Kier molecular flexibility index (Phi) is 4.10. The molecule has 3 rings (SSSR count). The number of amides is 3. The van der Waals surface area contributed by atoms with Crippen LogP contribution in [0.25, 0.3) is 0 Å². The first kappa shape index (κ1) is 15.0. The number of fused-ring (bicyclic) bond motifs is 1. The molecule has 1 aromatic rings. The second-order valence-corrected chi connectivity index (χ2v) is 5.63. The fourth-order valence-electron chi connectivity index (χ4n) is 3.01. The van der Waals surface area contributed by atoms with Crippen LogP contribution in [-0.2, 0) is 28.9 Å². The monoisotopic (exact) mass is 307 g/mol. The maximum atomic E-state index is 12.4. The largest absolute Gasteiger partial charge is 0.383 e. The van der Waals surface area contributed by atoms with Crippen LogP contribution in [-0.4, -0.2) is 69.4 Å². The zero-order valence-electron chi connectivity index (χ0n) is 13.0. The number of ether oxygens (including phenoxy) is 1. The maximum Gasteiger partial charge on any atom is 0.327 e. The Hall–Kier alpha value is -1.96. The van der Waals surface area contributed by atoms with Gasteiger partial charge in [-0.05, 0) is 6.42 Å². The number of aryl methyl sites for hydroxylation is 2. The van der Waals surface area contributed by atoms with Gasteiger partial charge in [0.1, 0.15) is 12.4 Å². The third-order valence-corrected chi connectivity index (χ3v) is 4.20. The van der Waals surface area contributed by atoms with Gasteiger partial charge in [-0.15, -0.1) is 0 Å². The average Bonchev–Trinajstić information content (AvgIpc) is 3.05. The summed E-state index contributed by atoms with van der Waals surface area (Å²) in [6.45, 7) is 3.57. The van der Waals surface area contributed by atoms with E-state index >= 15 is 0 Å². The SMILES string of the molecule is CCc1nc2n(n1)CC(N1C(=O)CN(CCOC)C1=O)CC2. The third kappa shape index (κ3) is 2.58. The number of methoxy groups -OCH3 is 1. The van der Waals surface area contributed by atoms with Crippen LogP contribution in [0.2, 0.25) is 0 Å². The van der Waals surface area contributed by atoms with Crippen molar-refractivity contribution in [3.05, 3.63) is 11.6 Å². The Labute approximate surface area is 129 Å². The lowest BCUT2D eigenvalue weighted by Gasteiger charge is -2.29. The molecule has 0 aromatic carbocycles. The number of imide groups is 1. The molecule has 1 atom stereocenters. The molecule has 1 fully saturated rings. The summed E-state index contributed by atoms with van der Waals surface area (Å²) in [5.74, 6) is 1.63. The van der Waals surface area contributed by atoms with Crippen LogP contribution in [0.3, 0.4) is 0 Å². The second-order valence-electron chi connectivity index (χ2n) is 5.63. The summed E-state index contributed by atoms with van der Waals surface area (Å²) in [4.78, 5) is 32.0. The van der Waals surface area contributed by atoms with E-state index in [0.29, 0.717) is 19.7 Å². The Morgan fingerprint density at radius 1 is 1.36 bits per heavy atom. The van der Waals surface area contributed by atoms with Crippen LogP contribution in [0.5, 0.6) is 0 Å². The Balaban J connectivity index is 1.72. The Morgan fingerprint density at radius 2 is 2.18 bits per heavy atom. The van der Waals surface area contributed by atoms with Crippen LogP contribution >= 0.6 is 0 Å². The summed E-state index contributed by atoms with van der Waals surface area (Å²) in [6, 6.07) is -0.349. The number of carbonyl (C=O) groups excluding carboxylic acids is 2. The predicted octanol–water partition coefficient (Wildman–Crippen LogP) is 0.0659. The molecule has 8 heteroatoms. The molecule has 0 aliphatic carbocycles. The number of nitrogens with zero attached hydrogens (tertiary/aromatic N) is 5. The molecule has 0 bridgehead atoms. The summed E-state index contributed by atoms with van der Waals surface area (Å²) in [5.41, 5.74) is 0. The lowest BCUT2D eigenvalue weighted by molar-refractivity contribution is -0.127. The van der Waals surface area contributed by atoms with E-state index in [1.54, 1.807) is 12.0 Å². The van der Waals surface area contributed by atoms with E-state index in [9.17, 15) is 9.59 Å². The Bertz CT molecular complexity index is 585. The molecule has 0 N–H and O–H groups in total. The van der Waals surface area contributed by atoms with Crippen LogP contribution in [0.4, 0.5) is 4.79 Å². The third-order valence-electron chi connectivity index (χ3n) is 4.20. The fraction of sp³-hybridized carbons (Fsp3) is 0.714. The van der Waals surface area contributed by atoms with Gasteiger partial charge in [-0.3, -0.25) is 9.69 Å². The first-order valence-electron chi connectivity index (χ1n) is 7.66. The van der Waals surface area contributed by atoms with Gasteiger partial charge in [0.2, 0.25) is 0 Å². The minimum atomic E-state index is -0.216. The van der Waals surface area contributed by atoms with E-state index < -0.39 is 0 Å². The summed E-state index contributed by atoms with van der Waals surface area (Å²) in [6.07, 6.45) is 2.28. The topological polar surface area (TPSA) is 80.6 Å². The molecular formula is C14H21N5O3. The van der Waals surface area contributed by atoms with Crippen molar-refractivity contribution in [2.75, 3.05) is 26.8 Å². The first-order chi connectivity index (χ1) is 10.6. The summed E-state index contributed by atoms with van der Waals surface area (Å²) in [5, 5.41) is 4.43. The van der Waals surface area contributed by atoms with Gasteiger partial charge in [0.25, 0.3) is 5.91 Å². The van der Waals surface area contributed by atoms with Gasteiger partial charge in [0, 0.05) is 26.5 Å². The predicted molar refractivity (Wildman–Crippen MR) is 77.2 cm³/mol. The summed E-state index contributed by atoms with van der Waals surface area (Å²) < 4.78 is 6.82. The van der Waals surface area contributed by atoms with Crippen molar-refractivity contribution in [1.29, 1.82) is 0 Å². The van der Waals surface area contributed by atoms with Crippen LogP contribution < -0.4 is 0 Å². The molecule has 3 heterocycles. The first-order valence-corrected chi connectivity index (χ1v) is 7.66. The minimum Gasteiger partial charge on any atom is -0.383 e.